The van der Waals surface area contributed by atoms with Gasteiger partial charge in [-0.1, -0.05) is 48.4 Å². The average molecular weight is 255 g/mol. The molecule has 0 radical (unpaired) electrons. The predicted molar refractivity (Wildman–Crippen MR) is 84.5 cm³/mol. The quantitative estimate of drug-likeness (QED) is 0.595. The molecule has 0 unspecified atom stereocenters. The lowest BCUT2D eigenvalue weighted by atomic mass is 10.0. The summed E-state index contributed by atoms with van der Waals surface area (Å²) >= 11 is 0. The van der Waals surface area contributed by atoms with Gasteiger partial charge in [0.25, 0.3) is 0 Å². The van der Waals surface area contributed by atoms with E-state index in [0.29, 0.717) is 0 Å². The number of benzene rings is 2. The molecule has 0 fully saturated rings. The Hall–Kier alpha value is -2.72. The Morgan fingerprint density at radius 2 is 1.95 bits per heavy atom. The maximum atomic E-state index is 5.79. The van der Waals surface area contributed by atoms with Crippen LogP contribution in [0.4, 0.5) is 0 Å². The zero-order valence-electron chi connectivity index (χ0n) is 11.2. The summed E-state index contributed by atoms with van der Waals surface area (Å²) in [6.07, 6.45) is 7.90. The molecule has 1 aliphatic rings. The number of para-hydroxylation sites is 1. The lowest BCUT2D eigenvalue weighted by Gasteiger charge is -1.98. The van der Waals surface area contributed by atoms with Gasteiger partial charge in [0.1, 0.15) is 0 Å². The maximum absolute atomic E-state index is 5.79. The second kappa shape index (κ2) is 3.88. The Balaban J connectivity index is 2.29. The molecule has 1 heterocycles. The van der Waals surface area contributed by atoms with Gasteiger partial charge < -0.3 is 4.98 Å². The highest BCUT2D eigenvalue weighted by molar-refractivity contribution is 6.07. The Kier molecular flexibility index (Phi) is 2.16. The second-order valence-electron chi connectivity index (χ2n) is 5.00. The lowest BCUT2D eigenvalue weighted by Crippen LogP contribution is -2.26. The number of aromatic nitrogens is 1. The van der Waals surface area contributed by atoms with E-state index in [1.807, 2.05) is 6.07 Å². The van der Waals surface area contributed by atoms with Gasteiger partial charge in [0.05, 0.1) is 11.3 Å². The molecule has 1 aliphatic carbocycles. The Morgan fingerprint density at radius 1 is 1.10 bits per heavy atom. The van der Waals surface area contributed by atoms with Crippen LogP contribution in [0.15, 0.2) is 42.5 Å². The van der Waals surface area contributed by atoms with Gasteiger partial charge in [0.2, 0.25) is 0 Å². The number of aromatic amines is 1. The van der Waals surface area contributed by atoms with E-state index in [1.165, 1.54) is 27.0 Å². The van der Waals surface area contributed by atoms with Crippen molar-refractivity contribution in [2.75, 3.05) is 0 Å². The van der Waals surface area contributed by atoms with Gasteiger partial charge in [-0.2, -0.15) is 0 Å². The fourth-order valence-electron chi connectivity index (χ4n) is 3.18. The summed E-state index contributed by atoms with van der Waals surface area (Å²) in [5, 5.41) is 3.62. The molecule has 20 heavy (non-hydrogen) atoms. The van der Waals surface area contributed by atoms with Crippen molar-refractivity contribution in [3.8, 4) is 23.5 Å². The third kappa shape index (κ3) is 1.23. The molecule has 0 saturated carbocycles. The minimum atomic E-state index is 0.972. The molecule has 0 aliphatic heterocycles. The first-order valence-electron chi connectivity index (χ1n) is 6.73. The number of terminal acetylenes is 1. The number of hydrogen-bond acceptors (Lipinski definition) is 0. The first kappa shape index (κ1) is 11.1. The van der Waals surface area contributed by atoms with Crippen LogP contribution < -0.4 is 10.4 Å². The number of rotatable bonds is 0. The van der Waals surface area contributed by atoms with Crippen molar-refractivity contribution in [1.29, 1.82) is 0 Å². The predicted octanol–water partition coefficient (Wildman–Crippen LogP) is 2.78. The molecule has 1 nitrogen and oxygen atoms in total. The Morgan fingerprint density at radius 3 is 2.75 bits per heavy atom. The fourth-order valence-corrected chi connectivity index (χ4v) is 3.18. The molecule has 0 atom stereocenters. The summed E-state index contributed by atoms with van der Waals surface area (Å²) in [4.78, 5) is 3.48. The van der Waals surface area contributed by atoms with Crippen molar-refractivity contribution < 1.29 is 0 Å². The summed E-state index contributed by atoms with van der Waals surface area (Å²) in [7, 11) is 0. The number of fused-ring (bicyclic) bond motifs is 5. The zero-order valence-corrected chi connectivity index (χ0v) is 11.2. The van der Waals surface area contributed by atoms with E-state index in [9.17, 15) is 0 Å². The van der Waals surface area contributed by atoms with Gasteiger partial charge in [-0.25, -0.2) is 0 Å². The first-order valence-corrected chi connectivity index (χ1v) is 6.73. The summed E-state index contributed by atoms with van der Waals surface area (Å²) in [5.41, 5.74) is 5.67. The minimum absolute atomic E-state index is 0.972. The molecule has 3 aromatic rings. The molecular formula is C19H13N. The highest BCUT2D eigenvalue weighted by Crippen LogP contribution is 2.36. The van der Waals surface area contributed by atoms with Gasteiger partial charge in [0, 0.05) is 21.7 Å². The lowest BCUT2D eigenvalue weighted by molar-refractivity contribution is 1.42. The third-order valence-corrected chi connectivity index (χ3v) is 4.03. The van der Waals surface area contributed by atoms with E-state index in [1.54, 1.807) is 0 Å². The van der Waals surface area contributed by atoms with E-state index in [0.717, 1.165) is 16.8 Å². The second-order valence-corrected chi connectivity index (χ2v) is 5.00. The van der Waals surface area contributed by atoms with Crippen molar-refractivity contribution in [3.63, 3.8) is 0 Å². The van der Waals surface area contributed by atoms with Crippen LogP contribution in [0.2, 0.25) is 0 Å². The number of hydrogen-bond donors (Lipinski definition) is 1. The van der Waals surface area contributed by atoms with E-state index >= 15 is 0 Å². The first-order chi connectivity index (χ1) is 9.85. The summed E-state index contributed by atoms with van der Waals surface area (Å²) < 4.78 is 0. The van der Waals surface area contributed by atoms with Crippen molar-refractivity contribution in [2.45, 2.75) is 6.92 Å². The zero-order chi connectivity index (χ0) is 13.7. The molecule has 0 bridgehead atoms. The van der Waals surface area contributed by atoms with E-state index < -0.39 is 0 Å². The highest BCUT2D eigenvalue weighted by atomic mass is 14.7. The highest BCUT2D eigenvalue weighted by Gasteiger charge is 2.23. The Labute approximate surface area is 117 Å². The molecule has 4 rings (SSSR count). The van der Waals surface area contributed by atoms with Crippen molar-refractivity contribution in [3.05, 3.63) is 58.6 Å². The summed E-state index contributed by atoms with van der Waals surface area (Å²) in [6.45, 7) is 2.05. The fraction of sp³-hybridized carbons (Fsp3) is 0.0526. The van der Waals surface area contributed by atoms with E-state index in [-0.39, 0.29) is 0 Å². The van der Waals surface area contributed by atoms with E-state index in [4.69, 9.17) is 6.42 Å². The van der Waals surface area contributed by atoms with Gasteiger partial charge in [-0.15, -0.1) is 6.42 Å². The minimum Gasteiger partial charge on any atom is -0.353 e. The van der Waals surface area contributed by atoms with E-state index in [2.05, 4.69) is 60.3 Å². The third-order valence-electron chi connectivity index (χ3n) is 4.03. The topological polar surface area (TPSA) is 15.8 Å². The van der Waals surface area contributed by atoms with Crippen molar-refractivity contribution in [2.24, 2.45) is 0 Å². The Bertz CT molecular complexity index is 1010. The van der Waals surface area contributed by atoms with Crippen molar-refractivity contribution >= 4 is 22.6 Å². The van der Waals surface area contributed by atoms with Crippen LogP contribution in [-0.2, 0) is 0 Å². The van der Waals surface area contributed by atoms with Gasteiger partial charge in [-0.3, -0.25) is 0 Å². The standard InChI is InChI=1S/C19H13N/c1-3-12-8-7-10-15-17(12)13(4-2)19-18(15)14-9-5-6-11-16(14)20-19/h2-3,5-11,20H,1H3/b12-3-. The van der Waals surface area contributed by atoms with Gasteiger partial charge in [0.15, 0.2) is 0 Å². The average Bonchev–Trinajstić information content (AvgIpc) is 3.00. The molecule has 1 N–H and O–H groups in total. The van der Waals surface area contributed by atoms with Crippen LogP contribution in [0.25, 0.3) is 33.7 Å². The largest absolute Gasteiger partial charge is 0.353 e. The smallest absolute Gasteiger partial charge is 0.0636 e. The number of H-pyrrole nitrogens is 1. The molecule has 1 heteroatoms. The van der Waals surface area contributed by atoms with Crippen LogP contribution in [0.5, 0.6) is 0 Å². The molecule has 0 saturated heterocycles. The van der Waals surface area contributed by atoms with Gasteiger partial charge in [-0.05, 0) is 23.8 Å². The molecule has 2 aromatic carbocycles. The monoisotopic (exact) mass is 255 g/mol. The van der Waals surface area contributed by atoms with Crippen LogP contribution >= 0.6 is 0 Å². The van der Waals surface area contributed by atoms with Crippen LogP contribution in [0.1, 0.15) is 12.6 Å². The van der Waals surface area contributed by atoms with Crippen molar-refractivity contribution in [1.82, 2.24) is 4.98 Å². The number of nitrogens with one attached hydrogen (secondary N) is 1. The normalized spacial score (nSPS) is 13.4. The molecule has 94 valence electrons. The summed E-state index contributed by atoms with van der Waals surface area (Å²) in [6, 6.07) is 14.7. The molecule has 1 aromatic heterocycles. The van der Waals surface area contributed by atoms with Crippen LogP contribution in [-0.4, -0.2) is 4.98 Å². The molecular weight excluding hydrogens is 242 g/mol. The van der Waals surface area contributed by atoms with Crippen LogP contribution in [0, 0.1) is 12.3 Å². The van der Waals surface area contributed by atoms with Gasteiger partial charge >= 0.3 is 0 Å². The van der Waals surface area contributed by atoms with Crippen LogP contribution in [0.3, 0.4) is 0 Å². The summed E-state index contributed by atoms with van der Waals surface area (Å²) in [5.74, 6) is 2.88. The molecule has 0 spiro atoms. The SMILES string of the molecule is C#CC1=c2c(ccc/c2=C/C)-c2c1[nH]c1ccccc21. The molecule has 0 amide bonds. The maximum Gasteiger partial charge on any atom is 0.0636 e.